The van der Waals surface area contributed by atoms with Gasteiger partial charge in [0, 0.05) is 18.9 Å². The largest absolute Gasteiger partial charge is 0.342 e. The van der Waals surface area contributed by atoms with E-state index in [1.165, 1.54) is 0 Å². The first kappa shape index (κ1) is 20.4. The van der Waals surface area contributed by atoms with Crippen LogP contribution in [0.3, 0.4) is 0 Å². The molecule has 0 radical (unpaired) electrons. The number of halogens is 1. The number of nitrogens with one attached hydrogen (secondary N) is 2. The number of piperidine rings is 1. The number of amides is 1. The number of pyridine rings is 1. The average Bonchev–Trinajstić information content (AvgIpc) is 3.11. The van der Waals surface area contributed by atoms with E-state index in [1.807, 2.05) is 29.9 Å². The van der Waals surface area contributed by atoms with Crippen LogP contribution in [0.2, 0.25) is 0 Å². The van der Waals surface area contributed by atoms with Gasteiger partial charge >= 0.3 is 0 Å². The maximum atomic E-state index is 12.7. The van der Waals surface area contributed by atoms with Crippen LogP contribution in [0.1, 0.15) is 60.5 Å². The van der Waals surface area contributed by atoms with E-state index in [2.05, 4.69) is 34.6 Å². The SMILES string of the molecule is Cc1cccnc1C(NC(=O)c1ccn(C2CCCNC2)n1)C(C)C.Cl. The van der Waals surface area contributed by atoms with Gasteiger partial charge in [-0.1, -0.05) is 19.9 Å². The molecule has 6 nitrogen and oxygen atoms in total. The van der Waals surface area contributed by atoms with Crippen molar-refractivity contribution in [1.82, 2.24) is 25.4 Å². The fourth-order valence-electron chi connectivity index (χ4n) is 3.31. The number of carbonyl (C=O) groups is 1. The molecule has 0 aliphatic carbocycles. The molecular weight excluding hydrogens is 350 g/mol. The summed E-state index contributed by atoms with van der Waals surface area (Å²) < 4.78 is 1.91. The molecule has 1 fully saturated rings. The summed E-state index contributed by atoms with van der Waals surface area (Å²) >= 11 is 0. The van der Waals surface area contributed by atoms with E-state index in [1.54, 1.807) is 12.3 Å². The van der Waals surface area contributed by atoms with Crippen LogP contribution in [0.5, 0.6) is 0 Å². The molecular formula is C19H28ClN5O. The number of carbonyl (C=O) groups excluding carboxylic acids is 1. The first-order valence-electron chi connectivity index (χ1n) is 9.04. The van der Waals surface area contributed by atoms with Gasteiger partial charge in [-0.2, -0.15) is 5.10 Å². The van der Waals surface area contributed by atoms with Gasteiger partial charge in [0.05, 0.1) is 17.8 Å². The van der Waals surface area contributed by atoms with Gasteiger partial charge in [-0.3, -0.25) is 14.5 Å². The predicted octanol–water partition coefficient (Wildman–Crippen LogP) is 3.06. The van der Waals surface area contributed by atoms with E-state index in [9.17, 15) is 4.79 Å². The Labute approximate surface area is 161 Å². The minimum Gasteiger partial charge on any atom is -0.342 e. The molecule has 2 aromatic rings. The molecule has 3 heterocycles. The van der Waals surface area contributed by atoms with Gasteiger partial charge in [0.2, 0.25) is 0 Å². The highest BCUT2D eigenvalue weighted by atomic mass is 35.5. The maximum Gasteiger partial charge on any atom is 0.272 e. The molecule has 2 aromatic heterocycles. The van der Waals surface area contributed by atoms with Gasteiger partial charge in [-0.25, -0.2) is 0 Å². The summed E-state index contributed by atoms with van der Waals surface area (Å²) in [7, 11) is 0. The lowest BCUT2D eigenvalue weighted by Crippen LogP contribution is -2.34. The molecule has 1 amide bonds. The van der Waals surface area contributed by atoms with Crippen molar-refractivity contribution in [1.29, 1.82) is 0 Å². The lowest BCUT2D eigenvalue weighted by Gasteiger charge is -2.23. The number of aromatic nitrogens is 3. The summed E-state index contributed by atoms with van der Waals surface area (Å²) in [4.78, 5) is 17.2. The second kappa shape index (κ2) is 9.14. The summed E-state index contributed by atoms with van der Waals surface area (Å²) in [5, 5.41) is 11.0. The Morgan fingerprint density at radius 2 is 2.19 bits per heavy atom. The van der Waals surface area contributed by atoms with Crippen molar-refractivity contribution < 1.29 is 4.79 Å². The summed E-state index contributed by atoms with van der Waals surface area (Å²) in [5.74, 6) is 0.0912. The molecule has 142 valence electrons. The van der Waals surface area contributed by atoms with Crippen LogP contribution in [0, 0.1) is 12.8 Å². The van der Waals surface area contributed by atoms with Crippen LogP contribution in [0.4, 0.5) is 0 Å². The normalized spacial score (nSPS) is 18.2. The maximum absolute atomic E-state index is 12.7. The number of hydrogen-bond acceptors (Lipinski definition) is 4. The highest BCUT2D eigenvalue weighted by Gasteiger charge is 2.24. The molecule has 0 bridgehead atoms. The van der Waals surface area contributed by atoms with Crippen LogP contribution in [0.15, 0.2) is 30.6 Å². The quantitative estimate of drug-likeness (QED) is 0.840. The van der Waals surface area contributed by atoms with Gasteiger partial charge in [0.15, 0.2) is 0 Å². The van der Waals surface area contributed by atoms with Gasteiger partial charge < -0.3 is 10.6 Å². The highest BCUT2D eigenvalue weighted by Crippen LogP contribution is 2.23. The molecule has 1 saturated heterocycles. The van der Waals surface area contributed by atoms with Gasteiger partial charge in [0.1, 0.15) is 5.69 Å². The van der Waals surface area contributed by atoms with Crippen LogP contribution < -0.4 is 10.6 Å². The summed E-state index contributed by atoms with van der Waals surface area (Å²) in [6, 6.07) is 5.93. The zero-order valence-corrected chi connectivity index (χ0v) is 16.4. The third kappa shape index (κ3) is 4.62. The first-order chi connectivity index (χ1) is 12.1. The Hall–Kier alpha value is -1.92. The van der Waals surface area contributed by atoms with Crippen molar-refractivity contribution in [3.8, 4) is 0 Å². The smallest absolute Gasteiger partial charge is 0.272 e. The second-order valence-electron chi connectivity index (χ2n) is 7.08. The first-order valence-corrected chi connectivity index (χ1v) is 9.04. The fraction of sp³-hybridized carbons (Fsp3) is 0.526. The fourth-order valence-corrected chi connectivity index (χ4v) is 3.31. The van der Waals surface area contributed by atoms with E-state index in [0.29, 0.717) is 11.7 Å². The van der Waals surface area contributed by atoms with Crippen LogP contribution in [0.25, 0.3) is 0 Å². The van der Waals surface area contributed by atoms with Crippen molar-refractivity contribution in [3.05, 3.63) is 47.5 Å². The van der Waals surface area contributed by atoms with Crippen molar-refractivity contribution in [2.45, 2.75) is 45.7 Å². The number of nitrogens with zero attached hydrogens (tertiary/aromatic N) is 3. The molecule has 26 heavy (non-hydrogen) atoms. The topological polar surface area (TPSA) is 71.8 Å². The zero-order valence-electron chi connectivity index (χ0n) is 15.6. The van der Waals surface area contributed by atoms with Crippen molar-refractivity contribution in [2.75, 3.05) is 13.1 Å². The standard InChI is InChI=1S/C19H27N5O.ClH/c1-13(2)17(18-14(3)6-4-10-21-18)22-19(25)16-8-11-24(23-16)15-7-5-9-20-12-15;/h4,6,8,10-11,13,15,17,20H,5,7,9,12H2,1-3H3,(H,22,25);1H. The van der Waals surface area contributed by atoms with Gasteiger partial charge in [-0.05, 0) is 49.9 Å². The Morgan fingerprint density at radius 1 is 1.38 bits per heavy atom. The Morgan fingerprint density at radius 3 is 2.85 bits per heavy atom. The van der Waals surface area contributed by atoms with E-state index in [-0.39, 0.29) is 30.3 Å². The number of aryl methyl sites for hydroxylation is 1. The van der Waals surface area contributed by atoms with Crippen molar-refractivity contribution >= 4 is 18.3 Å². The number of hydrogen-bond donors (Lipinski definition) is 2. The summed E-state index contributed by atoms with van der Waals surface area (Å²) in [5.41, 5.74) is 2.46. The molecule has 1 aliphatic rings. The van der Waals surface area contributed by atoms with Crippen LogP contribution >= 0.6 is 12.4 Å². The van der Waals surface area contributed by atoms with Crippen LogP contribution in [-0.2, 0) is 0 Å². The average molecular weight is 378 g/mol. The van der Waals surface area contributed by atoms with Gasteiger partial charge in [-0.15, -0.1) is 12.4 Å². The molecule has 3 rings (SSSR count). The predicted molar refractivity (Wildman–Crippen MR) is 105 cm³/mol. The lowest BCUT2D eigenvalue weighted by molar-refractivity contribution is 0.0917. The van der Waals surface area contributed by atoms with E-state index >= 15 is 0 Å². The van der Waals surface area contributed by atoms with E-state index in [0.717, 1.165) is 37.2 Å². The van der Waals surface area contributed by atoms with E-state index < -0.39 is 0 Å². The third-order valence-corrected chi connectivity index (χ3v) is 4.78. The Balaban J connectivity index is 0.00000243. The minimum atomic E-state index is -0.147. The molecule has 2 atom stereocenters. The molecule has 0 spiro atoms. The zero-order chi connectivity index (χ0) is 17.8. The molecule has 0 saturated carbocycles. The van der Waals surface area contributed by atoms with E-state index in [4.69, 9.17) is 0 Å². The molecule has 2 N–H and O–H groups in total. The summed E-state index contributed by atoms with van der Waals surface area (Å²) in [6.07, 6.45) is 5.91. The monoisotopic (exact) mass is 377 g/mol. The molecule has 7 heteroatoms. The Kier molecular flexibility index (Phi) is 7.17. The lowest BCUT2D eigenvalue weighted by atomic mass is 9.97. The molecule has 0 aromatic carbocycles. The minimum absolute atomic E-state index is 0. The summed E-state index contributed by atoms with van der Waals surface area (Å²) in [6.45, 7) is 8.17. The third-order valence-electron chi connectivity index (χ3n) is 4.78. The van der Waals surface area contributed by atoms with Crippen LogP contribution in [-0.4, -0.2) is 33.8 Å². The second-order valence-corrected chi connectivity index (χ2v) is 7.08. The van der Waals surface area contributed by atoms with Gasteiger partial charge in [0.25, 0.3) is 5.91 Å². The molecule has 1 aliphatic heterocycles. The Bertz CT molecular complexity index is 724. The number of rotatable bonds is 5. The highest BCUT2D eigenvalue weighted by molar-refractivity contribution is 5.92. The molecule has 2 unspecified atom stereocenters. The van der Waals surface area contributed by atoms with Crippen molar-refractivity contribution in [3.63, 3.8) is 0 Å². The van der Waals surface area contributed by atoms with Crippen molar-refractivity contribution in [2.24, 2.45) is 5.92 Å².